The fourth-order valence-corrected chi connectivity index (χ4v) is 1.98. The minimum Gasteiger partial charge on any atom is -0.355 e. The molecular formula is C16H31N5. The lowest BCUT2D eigenvalue weighted by Crippen LogP contribution is -2.35. The van der Waals surface area contributed by atoms with Gasteiger partial charge in [0.05, 0.1) is 5.69 Å². The number of nitrogens with zero attached hydrogens (tertiary/aromatic N) is 4. The lowest BCUT2D eigenvalue weighted by atomic mass is 10.1. The van der Waals surface area contributed by atoms with E-state index < -0.39 is 0 Å². The molecule has 0 bridgehead atoms. The number of hydrogen-bond donors (Lipinski definition) is 1. The zero-order valence-corrected chi connectivity index (χ0v) is 14.5. The van der Waals surface area contributed by atoms with Crippen LogP contribution < -0.4 is 10.2 Å². The molecule has 1 aromatic rings. The highest BCUT2D eigenvalue weighted by Crippen LogP contribution is 2.10. The largest absolute Gasteiger partial charge is 0.355 e. The Morgan fingerprint density at radius 2 is 1.81 bits per heavy atom. The van der Waals surface area contributed by atoms with Crippen molar-refractivity contribution in [3.05, 3.63) is 17.8 Å². The van der Waals surface area contributed by atoms with E-state index in [4.69, 9.17) is 0 Å². The molecule has 5 heteroatoms. The fraction of sp³-hybridized carbons (Fsp3) is 0.750. The van der Waals surface area contributed by atoms with E-state index in [0.29, 0.717) is 0 Å². The second-order valence-corrected chi connectivity index (χ2v) is 6.72. The predicted molar refractivity (Wildman–Crippen MR) is 89.7 cm³/mol. The SMILES string of the molecule is CCN(CCCN(C)C)c1ccc(CNC(C)(C)C)nn1. The van der Waals surface area contributed by atoms with Crippen LogP contribution in [0.15, 0.2) is 12.1 Å². The van der Waals surface area contributed by atoms with Crippen molar-refractivity contribution < 1.29 is 0 Å². The van der Waals surface area contributed by atoms with Gasteiger partial charge in [0.2, 0.25) is 0 Å². The molecule has 0 amide bonds. The van der Waals surface area contributed by atoms with Crippen LogP contribution in [0.3, 0.4) is 0 Å². The highest BCUT2D eigenvalue weighted by molar-refractivity contribution is 5.36. The van der Waals surface area contributed by atoms with Gasteiger partial charge in [-0.2, -0.15) is 5.10 Å². The topological polar surface area (TPSA) is 44.3 Å². The van der Waals surface area contributed by atoms with Crippen LogP contribution in [-0.2, 0) is 6.54 Å². The van der Waals surface area contributed by atoms with Crippen LogP contribution >= 0.6 is 0 Å². The Balaban J connectivity index is 2.54. The van der Waals surface area contributed by atoms with E-state index in [9.17, 15) is 0 Å². The maximum Gasteiger partial charge on any atom is 0.151 e. The second-order valence-electron chi connectivity index (χ2n) is 6.72. The third kappa shape index (κ3) is 7.39. The van der Waals surface area contributed by atoms with Crippen molar-refractivity contribution in [2.24, 2.45) is 0 Å². The Morgan fingerprint density at radius 3 is 2.29 bits per heavy atom. The molecule has 1 aromatic heterocycles. The lowest BCUT2D eigenvalue weighted by molar-refractivity contribution is 0.400. The van der Waals surface area contributed by atoms with E-state index in [-0.39, 0.29) is 5.54 Å². The summed E-state index contributed by atoms with van der Waals surface area (Å²) in [5.41, 5.74) is 1.08. The first-order valence-electron chi connectivity index (χ1n) is 7.79. The standard InChI is InChI=1S/C16H31N5/c1-7-21(12-8-11-20(5)6)15-10-9-14(18-19-15)13-17-16(2,3)4/h9-10,17H,7-8,11-13H2,1-6H3. The molecular weight excluding hydrogens is 262 g/mol. The molecule has 21 heavy (non-hydrogen) atoms. The molecule has 0 spiro atoms. The fourth-order valence-electron chi connectivity index (χ4n) is 1.98. The van der Waals surface area contributed by atoms with Gasteiger partial charge in [0.15, 0.2) is 5.82 Å². The molecule has 0 aromatic carbocycles. The van der Waals surface area contributed by atoms with Gasteiger partial charge in [-0.15, -0.1) is 5.10 Å². The van der Waals surface area contributed by atoms with Gasteiger partial charge in [-0.1, -0.05) is 0 Å². The summed E-state index contributed by atoms with van der Waals surface area (Å²) in [6, 6.07) is 4.14. The van der Waals surface area contributed by atoms with Gasteiger partial charge < -0.3 is 15.1 Å². The minimum atomic E-state index is 0.0992. The van der Waals surface area contributed by atoms with Gasteiger partial charge in [-0.3, -0.25) is 0 Å². The van der Waals surface area contributed by atoms with Crippen LogP contribution in [0.4, 0.5) is 5.82 Å². The van der Waals surface area contributed by atoms with E-state index in [1.165, 1.54) is 0 Å². The van der Waals surface area contributed by atoms with Crippen molar-refractivity contribution in [2.75, 3.05) is 38.6 Å². The predicted octanol–water partition coefficient (Wildman–Crippen LogP) is 2.14. The van der Waals surface area contributed by atoms with Gasteiger partial charge >= 0.3 is 0 Å². The van der Waals surface area contributed by atoms with Gasteiger partial charge in [0.1, 0.15) is 0 Å². The summed E-state index contributed by atoms with van der Waals surface area (Å²) in [5, 5.41) is 12.1. The normalized spacial score (nSPS) is 12.0. The van der Waals surface area contributed by atoms with Gasteiger partial charge in [0.25, 0.3) is 0 Å². The molecule has 0 atom stereocenters. The summed E-state index contributed by atoms with van der Waals surface area (Å²) in [6.07, 6.45) is 1.13. The van der Waals surface area contributed by atoms with Gasteiger partial charge in [0, 0.05) is 25.2 Å². The molecule has 120 valence electrons. The third-order valence-corrected chi connectivity index (χ3v) is 3.24. The van der Waals surface area contributed by atoms with Crippen LogP contribution in [0, 0.1) is 0 Å². The molecule has 5 nitrogen and oxygen atoms in total. The average molecular weight is 293 g/mol. The number of rotatable bonds is 8. The monoisotopic (exact) mass is 293 g/mol. The maximum absolute atomic E-state index is 4.37. The van der Waals surface area contributed by atoms with Crippen molar-refractivity contribution in [1.29, 1.82) is 0 Å². The first kappa shape index (κ1) is 17.9. The molecule has 0 saturated heterocycles. The Morgan fingerprint density at radius 1 is 1.10 bits per heavy atom. The number of nitrogens with one attached hydrogen (secondary N) is 1. The highest BCUT2D eigenvalue weighted by Gasteiger charge is 2.10. The van der Waals surface area contributed by atoms with E-state index in [0.717, 1.165) is 44.1 Å². The van der Waals surface area contributed by atoms with Crippen molar-refractivity contribution >= 4 is 5.82 Å². The zero-order chi connectivity index (χ0) is 15.9. The van der Waals surface area contributed by atoms with Gasteiger partial charge in [-0.05, 0) is 66.9 Å². The molecule has 0 fully saturated rings. The molecule has 0 radical (unpaired) electrons. The van der Waals surface area contributed by atoms with Crippen LogP contribution in [-0.4, -0.2) is 54.4 Å². The van der Waals surface area contributed by atoms with E-state index in [1.807, 2.05) is 0 Å². The molecule has 0 aliphatic carbocycles. The smallest absolute Gasteiger partial charge is 0.151 e. The van der Waals surface area contributed by atoms with Gasteiger partial charge in [-0.25, -0.2) is 0 Å². The highest BCUT2D eigenvalue weighted by atomic mass is 15.3. The molecule has 0 unspecified atom stereocenters. The zero-order valence-electron chi connectivity index (χ0n) is 14.5. The molecule has 1 N–H and O–H groups in total. The van der Waals surface area contributed by atoms with E-state index in [1.54, 1.807) is 0 Å². The summed E-state index contributed by atoms with van der Waals surface area (Å²) >= 11 is 0. The summed E-state index contributed by atoms with van der Waals surface area (Å²) < 4.78 is 0. The third-order valence-electron chi connectivity index (χ3n) is 3.24. The molecule has 1 heterocycles. The van der Waals surface area contributed by atoms with E-state index >= 15 is 0 Å². The van der Waals surface area contributed by atoms with Crippen LogP contribution in [0.5, 0.6) is 0 Å². The summed E-state index contributed by atoms with van der Waals surface area (Å²) in [4.78, 5) is 4.48. The second kappa shape index (κ2) is 8.29. The van der Waals surface area contributed by atoms with Crippen molar-refractivity contribution in [3.63, 3.8) is 0 Å². The maximum atomic E-state index is 4.37. The molecule has 1 rings (SSSR count). The summed E-state index contributed by atoms with van der Waals surface area (Å²) in [6.45, 7) is 12.4. The van der Waals surface area contributed by atoms with Crippen LogP contribution in [0.1, 0.15) is 39.8 Å². The summed E-state index contributed by atoms with van der Waals surface area (Å²) in [5.74, 6) is 0.968. The first-order valence-corrected chi connectivity index (χ1v) is 7.79. The Labute approximate surface area is 129 Å². The number of anilines is 1. The first-order chi connectivity index (χ1) is 9.81. The Kier molecular flexibility index (Phi) is 7.05. The van der Waals surface area contributed by atoms with E-state index in [2.05, 4.69) is 79.2 Å². The average Bonchev–Trinajstić information content (AvgIpc) is 2.41. The molecule has 0 saturated carbocycles. The van der Waals surface area contributed by atoms with Crippen LogP contribution in [0.25, 0.3) is 0 Å². The molecule has 0 aliphatic rings. The van der Waals surface area contributed by atoms with Crippen molar-refractivity contribution in [1.82, 2.24) is 20.4 Å². The Bertz CT molecular complexity index is 394. The quantitative estimate of drug-likeness (QED) is 0.795. The Hall–Kier alpha value is -1.20. The lowest BCUT2D eigenvalue weighted by Gasteiger charge is -2.23. The minimum absolute atomic E-state index is 0.0992. The van der Waals surface area contributed by atoms with Crippen LogP contribution in [0.2, 0.25) is 0 Å². The van der Waals surface area contributed by atoms with Crippen molar-refractivity contribution in [3.8, 4) is 0 Å². The van der Waals surface area contributed by atoms with Crippen molar-refractivity contribution in [2.45, 2.75) is 46.2 Å². The number of hydrogen-bond acceptors (Lipinski definition) is 5. The molecule has 0 aliphatic heterocycles. The number of aromatic nitrogens is 2. The summed E-state index contributed by atoms with van der Waals surface area (Å²) in [7, 11) is 4.21.